The minimum absolute atomic E-state index is 0.00574. The number of aliphatic hydroxyl groups is 1. The highest BCUT2D eigenvalue weighted by Gasteiger charge is 2.66. The first-order chi connectivity index (χ1) is 18.5. The zero-order chi connectivity index (χ0) is 30.1. The van der Waals surface area contributed by atoms with Crippen LogP contribution in [-0.4, -0.2) is 101 Å². The van der Waals surface area contributed by atoms with Crippen molar-refractivity contribution in [3.63, 3.8) is 0 Å². The molecule has 1 saturated heterocycles. The molecule has 222 valence electrons. The van der Waals surface area contributed by atoms with Crippen LogP contribution >= 0.6 is 38.3 Å². The van der Waals surface area contributed by atoms with Crippen LogP contribution in [-0.2, 0) is 39.4 Å². The van der Waals surface area contributed by atoms with Crippen LogP contribution in [0.15, 0.2) is 28.8 Å². The maximum atomic E-state index is 13.1. The Morgan fingerprint density at radius 1 is 1.23 bits per heavy atom. The number of methoxy groups -OCH3 is 1. The van der Waals surface area contributed by atoms with Gasteiger partial charge in [-0.25, -0.2) is 9.59 Å². The Morgan fingerprint density at radius 2 is 1.88 bits per heavy atom. The Balaban J connectivity index is 1.65. The minimum Gasteiger partial charge on any atom is -0.477 e. The lowest BCUT2D eigenvalue weighted by Gasteiger charge is -2.55. The van der Waals surface area contributed by atoms with Crippen molar-refractivity contribution >= 4 is 62.2 Å². The highest BCUT2D eigenvalue weighted by molar-refractivity contribution is 8.00. The number of amides is 3. The third-order valence-electron chi connectivity index (χ3n) is 5.91. The van der Waals surface area contributed by atoms with E-state index in [4.69, 9.17) is 29.0 Å². The van der Waals surface area contributed by atoms with Gasteiger partial charge in [0.1, 0.15) is 17.7 Å². The van der Waals surface area contributed by atoms with Crippen LogP contribution in [0.5, 0.6) is 0 Å². The highest BCUT2D eigenvalue weighted by atomic mass is 32.2. The van der Waals surface area contributed by atoms with Crippen LogP contribution in [0.2, 0.25) is 0 Å². The van der Waals surface area contributed by atoms with Crippen LogP contribution in [0.3, 0.4) is 0 Å². The summed E-state index contributed by atoms with van der Waals surface area (Å²) in [6.07, 6.45) is -2.54. The van der Waals surface area contributed by atoms with E-state index in [0.717, 1.165) is 21.5 Å². The van der Waals surface area contributed by atoms with E-state index in [2.05, 4.69) is 5.32 Å². The van der Waals surface area contributed by atoms with Gasteiger partial charge in [-0.15, -0.1) is 23.1 Å². The monoisotopic (exact) mass is 645 g/mol. The number of thioether (sulfide) groups is 1. The minimum atomic E-state index is -5.72. The Bertz CT molecular complexity index is 1290. The Morgan fingerprint density at radius 3 is 2.40 bits per heavy atom. The Labute approximate surface area is 233 Å². The molecule has 3 heterocycles. The Hall–Kier alpha value is -2.31. The lowest BCUT2D eigenvalue weighted by molar-refractivity contribution is -0.192. The predicted octanol–water partition coefficient (Wildman–Crippen LogP) is -0.879. The zero-order valence-electron chi connectivity index (χ0n) is 20.5. The molecule has 40 heavy (non-hydrogen) atoms. The van der Waals surface area contributed by atoms with Crippen LogP contribution in [0, 0.1) is 0 Å². The quantitative estimate of drug-likeness (QED) is 0.0779. The van der Waals surface area contributed by atoms with Crippen molar-refractivity contribution in [2.75, 3.05) is 26.0 Å². The molecule has 0 saturated carbocycles. The van der Waals surface area contributed by atoms with Crippen molar-refractivity contribution < 1.29 is 67.6 Å². The average molecular weight is 645 g/mol. The molecule has 17 nitrogen and oxygen atoms in total. The van der Waals surface area contributed by atoms with Crippen molar-refractivity contribution in [3.05, 3.63) is 33.7 Å². The smallest absolute Gasteiger partial charge is 0.407 e. The van der Waals surface area contributed by atoms with Gasteiger partial charge >= 0.3 is 27.3 Å². The topological polar surface area (TPSA) is 270 Å². The number of nitrogens with one attached hydrogen (secondary N) is 2. The average Bonchev–Trinajstić information content (AvgIpc) is 3.36. The van der Waals surface area contributed by atoms with Gasteiger partial charge in [0.05, 0.1) is 6.42 Å². The number of carbonyl (C=O) groups excluding carboxylic acids is 3. The lowest BCUT2D eigenvalue weighted by Crippen LogP contribution is -2.80. The molecule has 0 unspecified atom stereocenters. The first kappa shape index (κ1) is 32.2. The number of β-lactam (4-membered cyclic amide) rings is 1. The number of nitrogens with zero attached hydrogens (tertiary/aromatic N) is 1. The van der Waals surface area contributed by atoms with Gasteiger partial charge in [0.2, 0.25) is 5.91 Å². The van der Waals surface area contributed by atoms with E-state index in [1.54, 1.807) is 17.5 Å². The van der Waals surface area contributed by atoms with Gasteiger partial charge in [-0.05, 0) is 11.4 Å². The van der Waals surface area contributed by atoms with Crippen molar-refractivity contribution in [1.29, 1.82) is 0 Å². The number of aliphatic carboxylic acids is 1. The van der Waals surface area contributed by atoms with Crippen molar-refractivity contribution in [1.82, 2.24) is 15.5 Å². The standard InChI is InChI=1S/C19H25N3O14P2S2/c1-35-19(21-12(23)7-11-3-2-6-39-11)15(26)22-13(14(24)25)10(9-40-16(19)22)8-36-17(27)20-5-4-18(28,37(29,30)31)38(32,33)34/h2-3,6,16,28H,4-5,7-9H2,1H3,(H,20,27)(H,21,23)(H,24,25)(H2,29,30,31)(H2,32,33,34)/t16-,19-/m0/s1. The number of fused-ring (bicyclic) bond motifs is 1. The fraction of sp³-hybridized carbons (Fsp3) is 0.474. The Kier molecular flexibility index (Phi) is 9.58. The van der Waals surface area contributed by atoms with Crippen LogP contribution in [0.1, 0.15) is 11.3 Å². The third-order valence-corrected chi connectivity index (χ3v) is 12.0. The van der Waals surface area contributed by atoms with E-state index in [0.29, 0.717) is 0 Å². The summed E-state index contributed by atoms with van der Waals surface area (Å²) in [6.45, 7) is -1.48. The lowest BCUT2D eigenvalue weighted by atomic mass is 9.98. The fourth-order valence-electron chi connectivity index (χ4n) is 3.87. The molecule has 0 radical (unpaired) electrons. The molecule has 3 rings (SSSR count). The number of rotatable bonds is 12. The number of ether oxygens (including phenoxy) is 2. The molecule has 2 aliphatic rings. The molecule has 0 aliphatic carbocycles. The van der Waals surface area contributed by atoms with Gasteiger partial charge in [0.15, 0.2) is 0 Å². The molecule has 2 aliphatic heterocycles. The molecule has 1 fully saturated rings. The van der Waals surface area contributed by atoms with Gasteiger partial charge in [0, 0.05) is 36.3 Å². The third kappa shape index (κ3) is 6.13. The second-order valence-corrected chi connectivity index (χ2v) is 14.6. The van der Waals surface area contributed by atoms with E-state index in [-0.39, 0.29) is 17.7 Å². The molecular weight excluding hydrogens is 620 g/mol. The van der Waals surface area contributed by atoms with E-state index in [1.165, 1.54) is 18.4 Å². The van der Waals surface area contributed by atoms with Crippen molar-refractivity contribution in [3.8, 4) is 0 Å². The second kappa shape index (κ2) is 11.9. The zero-order valence-corrected chi connectivity index (χ0v) is 23.9. The molecule has 0 aromatic carbocycles. The summed E-state index contributed by atoms with van der Waals surface area (Å²) in [5.74, 6) is -2.97. The molecular formula is C19H25N3O14P2S2. The van der Waals surface area contributed by atoms with Crippen LogP contribution in [0.25, 0.3) is 0 Å². The number of carboxylic acid groups (broad SMARTS) is 1. The van der Waals surface area contributed by atoms with Gasteiger partial charge in [-0.2, -0.15) is 0 Å². The number of hydrogen-bond donors (Lipinski definition) is 8. The summed E-state index contributed by atoms with van der Waals surface area (Å²) in [7, 11) is -10.3. The summed E-state index contributed by atoms with van der Waals surface area (Å²) in [6, 6.07) is 3.49. The molecule has 0 spiro atoms. The number of carboxylic acids is 1. The van der Waals surface area contributed by atoms with E-state index < -0.39 is 80.5 Å². The molecule has 1 aromatic heterocycles. The van der Waals surface area contributed by atoms with Crippen LogP contribution in [0.4, 0.5) is 4.79 Å². The summed E-state index contributed by atoms with van der Waals surface area (Å²) in [4.78, 5) is 87.8. The van der Waals surface area contributed by atoms with Gasteiger partial charge in [-0.1, -0.05) is 6.07 Å². The molecule has 8 N–H and O–H groups in total. The molecule has 3 amide bonds. The van der Waals surface area contributed by atoms with E-state index in [9.17, 15) is 38.5 Å². The number of hydrogen-bond acceptors (Lipinski definition) is 11. The largest absolute Gasteiger partial charge is 0.477 e. The first-order valence-corrected chi connectivity index (χ1v) is 16.2. The second-order valence-electron chi connectivity index (χ2n) is 8.46. The van der Waals surface area contributed by atoms with Gasteiger partial charge in [-0.3, -0.25) is 23.6 Å². The molecule has 21 heteroatoms. The van der Waals surface area contributed by atoms with Gasteiger partial charge in [0.25, 0.3) is 16.7 Å². The summed E-state index contributed by atoms with van der Waals surface area (Å²) in [5, 5.41) is 21.2. The SMILES string of the molecule is CO[C@@]1(NC(=O)Cc2cccs2)C(=O)N2C(C(=O)O)=C(COC(=O)NCCC(O)(P(=O)(O)O)P(=O)(O)O)CS[C@H]21. The number of alkyl carbamates (subject to hydrolysis) is 1. The number of thiophene rings is 1. The maximum absolute atomic E-state index is 13.1. The summed E-state index contributed by atoms with van der Waals surface area (Å²) in [5.41, 5.74) is -2.33. The summed E-state index contributed by atoms with van der Waals surface area (Å²) < 4.78 is 33.0. The van der Waals surface area contributed by atoms with Crippen molar-refractivity contribution in [2.45, 2.75) is 29.0 Å². The maximum Gasteiger partial charge on any atom is 0.407 e. The molecule has 0 bridgehead atoms. The summed E-state index contributed by atoms with van der Waals surface area (Å²) >= 11 is 2.37. The first-order valence-electron chi connectivity index (χ1n) is 11.0. The normalized spacial score (nSPS) is 21.4. The number of carbonyl (C=O) groups is 4. The highest BCUT2D eigenvalue weighted by Crippen LogP contribution is 2.68. The van der Waals surface area contributed by atoms with Crippen LogP contribution < -0.4 is 10.6 Å². The van der Waals surface area contributed by atoms with Gasteiger partial charge < -0.3 is 49.9 Å². The van der Waals surface area contributed by atoms with Crippen molar-refractivity contribution in [2.24, 2.45) is 0 Å². The molecule has 1 aromatic rings. The van der Waals surface area contributed by atoms with E-state index in [1.807, 2.05) is 5.32 Å². The predicted molar refractivity (Wildman–Crippen MR) is 137 cm³/mol. The fourth-order valence-corrected chi connectivity index (χ4v) is 8.16. The van der Waals surface area contributed by atoms with E-state index >= 15 is 0 Å². The molecule has 2 atom stereocenters.